The number of piperidine rings is 1. The van der Waals surface area contributed by atoms with Crippen molar-refractivity contribution in [2.75, 3.05) is 20.1 Å². The summed E-state index contributed by atoms with van der Waals surface area (Å²) in [6.07, 6.45) is 2.24. The molecule has 1 fully saturated rings. The lowest BCUT2D eigenvalue weighted by Crippen LogP contribution is -2.31. The van der Waals surface area contributed by atoms with Gasteiger partial charge in [0, 0.05) is 37.7 Å². The van der Waals surface area contributed by atoms with Gasteiger partial charge in [0.15, 0.2) is 0 Å². The van der Waals surface area contributed by atoms with E-state index < -0.39 is 0 Å². The molecule has 0 saturated carbocycles. The molecule has 0 aliphatic carbocycles. The SMILES string of the molecule is CC(C)NN=C1CCN(C)CC1. The van der Waals surface area contributed by atoms with Crippen molar-refractivity contribution in [3.05, 3.63) is 0 Å². The van der Waals surface area contributed by atoms with E-state index in [1.165, 1.54) is 5.71 Å². The maximum atomic E-state index is 4.36. The fourth-order valence-corrected chi connectivity index (χ4v) is 1.21. The fourth-order valence-electron chi connectivity index (χ4n) is 1.21. The fraction of sp³-hybridized carbons (Fsp3) is 0.889. The van der Waals surface area contributed by atoms with E-state index in [0.29, 0.717) is 6.04 Å². The van der Waals surface area contributed by atoms with Gasteiger partial charge in [0.05, 0.1) is 0 Å². The molecule has 1 N–H and O–H groups in total. The third-order valence-electron chi connectivity index (χ3n) is 2.05. The van der Waals surface area contributed by atoms with E-state index in [4.69, 9.17) is 0 Å². The van der Waals surface area contributed by atoms with E-state index in [0.717, 1.165) is 25.9 Å². The molecule has 0 unspecified atom stereocenters. The number of rotatable bonds is 2. The van der Waals surface area contributed by atoms with Crippen molar-refractivity contribution in [2.24, 2.45) is 5.10 Å². The Morgan fingerprint density at radius 2 is 1.92 bits per heavy atom. The summed E-state index contributed by atoms with van der Waals surface area (Å²) in [7, 11) is 2.16. The molecule has 1 heterocycles. The number of hydrogen-bond donors (Lipinski definition) is 1. The highest BCUT2D eigenvalue weighted by Gasteiger charge is 2.10. The Morgan fingerprint density at radius 1 is 1.33 bits per heavy atom. The van der Waals surface area contributed by atoms with Crippen molar-refractivity contribution in [3.8, 4) is 0 Å². The van der Waals surface area contributed by atoms with Crippen LogP contribution in [-0.2, 0) is 0 Å². The minimum atomic E-state index is 0.456. The first-order chi connectivity index (χ1) is 5.68. The molecule has 0 aromatic carbocycles. The average molecular weight is 169 g/mol. The quantitative estimate of drug-likeness (QED) is 0.626. The number of likely N-dealkylation sites (tertiary alicyclic amines) is 1. The molecule has 0 bridgehead atoms. The third-order valence-corrected chi connectivity index (χ3v) is 2.05. The first kappa shape index (κ1) is 9.52. The summed E-state index contributed by atoms with van der Waals surface area (Å²) in [6, 6.07) is 0.456. The Hall–Kier alpha value is -0.570. The molecule has 70 valence electrons. The van der Waals surface area contributed by atoms with Crippen LogP contribution in [0.2, 0.25) is 0 Å². The van der Waals surface area contributed by atoms with Crippen LogP contribution in [0.1, 0.15) is 26.7 Å². The van der Waals surface area contributed by atoms with Crippen LogP contribution < -0.4 is 5.43 Å². The van der Waals surface area contributed by atoms with Crippen molar-refractivity contribution in [1.29, 1.82) is 0 Å². The van der Waals surface area contributed by atoms with E-state index in [2.05, 4.69) is 36.3 Å². The summed E-state index contributed by atoms with van der Waals surface area (Å²) < 4.78 is 0. The zero-order chi connectivity index (χ0) is 8.97. The smallest absolute Gasteiger partial charge is 0.0403 e. The maximum Gasteiger partial charge on any atom is 0.0403 e. The van der Waals surface area contributed by atoms with Crippen LogP contribution in [-0.4, -0.2) is 36.8 Å². The molecule has 0 aromatic heterocycles. The molecular formula is C9H19N3. The van der Waals surface area contributed by atoms with Crippen LogP contribution in [0, 0.1) is 0 Å². The Kier molecular flexibility index (Phi) is 3.53. The lowest BCUT2D eigenvalue weighted by Gasteiger charge is -2.23. The lowest BCUT2D eigenvalue weighted by atomic mass is 10.1. The Morgan fingerprint density at radius 3 is 2.42 bits per heavy atom. The van der Waals surface area contributed by atoms with Crippen LogP contribution in [0.25, 0.3) is 0 Å². The molecule has 0 atom stereocenters. The maximum absolute atomic E-state index is 4.36. The highest BCUT2D eigenvalue weighted by atomic mass is 15.3. The second-order valence-electron chi connectivity index (χ2n) is 3.77. The van der Waals surface area contributed by atoms with E-state index >= 15 is 0 Å². The second-order valence-corrected chi connectivity index (χ2v) is 3.77. The molecule has 1 aliphatic heterocycles. The minimum Gasteiger partial charge on any atom is -0.308 e. The van der Waals surface area contributed by atoms with Crippen LogP contribution in [0.4, 0.5) is 0 Å². The Labute approximate surface area is 74.8 Å². The standard InChI is InChI=1S/C9H19N3/c1-8(2)10-11-9-4-6-12(3)7-5-9/h8,10H,4-7H2,1-3H3. The summed E-state index contributed by atoms with van der Waals surface area (Å²) in [5.74, 6) is 0. The molecule has 1 saturated heterocycles. The summed E-state index contributed by atoms with van der Waals surface area (Å²) in [6.45, 7) is 6.52. The van der Waals surface area contributed by atoms with E-state index in [-0.39, 0.29) is 0 Å². The van der Waals surface area contributed by atoms with Gasteiger partial charge in [0.2, 0.25) is 0 Å². The van der Waals surface area contributed by atoms with Gasteiger partial charge in [-0.25, -0.2) is 0 Å². The Balaban J connectivity index is 2.29. The molecule has 1 aliphatic rings. The molecule has 3 nitrogen and oxygen atoms in total. The van der Waals surface area contributed by atoms with E-state index in [9.17, 15) is 0 Å². The molecule has 0 radical (unpaired) electrons. The number of hydrazone groups is 1. The Bertz CT molecular complexity index is 153. The molecule has 12 heavy (non-hydrogen) atoms. The molecule has 0 spiro atoms. The summed E-state index contributed by atoms with van der Waals surface area (Å²) in [5, 5.41) is 4.36. The number of nitrogens with one attached hydrogen (secondary N) is 1. The van der Waals surface area contributed by atoms with Crippen molar-refractivity contribution in [1.82, 2.24) is 10.3 Å². The predicted molar refractivity (Wildman–Crippen MR) is 52.4 cm³/mol. The predicted octanol–water partition coefficient (Wildman–Crippen LogP) is 1.07. The van der Waals surface area contributed by atoms with Gasteiger partial charge in [-0.1, -0.05) is 0 Å². The lowest BCUT2D eigenvalue weighted by molar-refractivity contribution is 0.335. The largest absolute Gasteiger partial charge is 0.308 e. The first-order valence-corrected chi connectivity index (χ1v) is 4.68. The minimum absolute atomic E-state index is 0.456. The number of hydrogen-bond acceptors (Lipinski definition) is 3. The molecule has 0 aromatic rings. The van der Waals surface area contributed by atoms with Gasteiger partial charge in [-0.05, 0) is 20.9 Å². The topological polar surface area (TPSA) is 27.6 Å². The normalized spacial score (nSPS) is 19.8. The van der Waals surface area contributed by atoms with Gasteiger partial charge in [0.1, 0.15) is 0 Å². The average Bonchev–Trinajstić information content (AvgIpc) is 2.03. The van der Waals surface area contributed by atoms with Crippen LogP contribution in [0.5, 0.6) is 0 Å². The summed E-state index contributed by atoms with van der Waals surface area (Å²) >= 11 is 0. The van der Waals surface area contributed by atoms with Crippen LogP contribution >= 0.6 is 0 Å². The van der Waals surface area contributed by atoms with Gasteiger partial charge in [-0.15, -0.1) is 0 Å². The molecule has 0 amide bonds. The highest BCUT2D eigenvalue weighted by Crippen LogP contribution is 2.04. The van der Waals surface area contributed by atoms with E-state index in [1.54, 1.807) is 0 Å². The van der Waals surface area contributed by atoms with Gasteiger partial charge >= 0.3 is 0 Å². The zero-order valence-corrected chi connectivity index (χ0v) is 8.30. The van der Waals surface area contributed by atoms with Gasteiger partial charge in [-0.3, -0.25) is 0 Å². The van der Waals surface area contributed by atoms with Crippen molar-refractivity contribution in [2.45, 2.75) is 32.7 Å². The zero-order valence-electron chi connectivity index (χ0n) is 8.30. The van der Waals surface area contributed by atoms with Crippen LogP contribution in [0.15, 0.2) is 5.10 Å². The summed E-state index contributed by atoms with van der Waals surface area (Å²) in [5.41, 5.74) is 4.42. The molecular weight excluding hydrogens is 150 g/mol. The highest BCUT2D eigenvalue weighted by molar-refractivity contribution is 5.85. The second kappa shape index (κ2) is 4.45. The molecule has 3 heteroatoms. The first-order valence-electron chi connectivity index (χ1n) is 4.68. The third kappa shape index (κ3) is 3.22. The van der Waals surface area contributed by atoms with Crippen molar-refractivity contribution >= 4 is 5.71 Å². The number of nitrogens with zero attached hydrogens (tertiary/aromatic N) is 2. The van der Waals surface area contributed by atoms with Gasteiger partial charge in [0.25, 0.3) is 0 Å². The summed E-state index contributed by atoms with van der Waals surface area (Å²) in [4.78, 5) is 2.34. The monoisotopic (exact) mass is 169 g/mol. The van der Waals surface area contributed by atoms with Crippen molar-refractivity contribution in [3.63, 3.8) is 0 Å². The van der Waals surface area contributed by atoms with Gasteiger partial charge < -0.3 is 10.3 Å². The van der Waals surface area contributed by atoms with Crippen molar-refractivity contribution < 1.29 is 0 Å². The van der Waals surface area contributed by atoms with E-state index in [1.807, 2.05) is 0 Å². The van der Waals surface area contributed by atoms with Gasteiger partial charge in [-0.2, -0.15) is 5.10 Å². The van der Waals surface area contributed by atoms with Crippen LogP contribution in [0.3, 0.4) is 0 Å². The molecule has 1 rings (SSSR count).